The van der Waals surface area contributed by atoms with Gasteiger partial charge in [0.1, 0.15) is 0 Å². The number of hydrogen-bond acceptors (Lipinski definition) is 0. The van der Waals surface area contributed by atoms with Crippen molar-refractivity contribution in [2.45, 2.75) is 0 Å². The molecule has 0 atom stereocenters. The van der Waals surface area contributed by atoms with Crippen molar-refractivity contribution in [1.29, 1.82) is 0 Å². The van der Waals surface area contributed by atoms with Gasteiger partial charge in [0.15, 0.2) is 0 Å². The van der Waals surface area contributed by atoms with Crippen molar-refractivity contribution in [2.24, 2.45) is 0 Å². The molecule has 0 nitrogen and oxygen atoms in total. The molecule has 0 radical (unpaired) electrons. The van der Waals surface area contributed by atoms with Gasteiger partial charge in [-0.25, -0.2) is 0 Å². The van der Waals surface area contributed by atoms with Gasteiger partial charge in [0.25, 0.3) is 0 Å². The first-order valence-corrected chi connectivity index (χ1v) is 18.0. The van der Waals surface area contributed by atoms with Crippen LogP contribution in [-0.2, 0) is 0 Å². The molecule has 0 N–H and O–H groups in total. The zero-order chi connectivity index (χ0) is 37.8. The number of rotatable bonds is 0. The molecule has 0 aliphatic heterocycles. The molecule has 0 saturated carbocycles. The molecule has 0 aromatic heterocycles. The van der Waals surface area contributed by atoms with Crippen LogP contribution in [-0.4, -0.2) is 0 Å². The lowest BCUT2D eigenvalue weighted by Crippen LogP contribution is -2.21. The van der Waals surface area contributed by atoms with Gasteiger partial charge in [0.05, 0.1) is 0 Å². The van der Waals surface area contributed by atoms with Gasteiger partial charge < -0.3 is 0 Å². The Balaban J connectivity index is 1.33. The summed E-state index contributed by atoms with van der Waals surface area (Å²) in [6.45, 7) is 0. The van der Waals surface area contributed by atoms with Gasteiger partial charge in [-0.15, -0.1) is 0 Å². The van der Waals surface area contributed by atoms with Crippen LogP contribution in [0.2, 0.25) is 0 Å². The predicted molar refractivity (Wildman–Crippen MR) is 228 cm³/mol. The fourth-order valence-corrected chi connectivity index (χ4v) is 5.52. The second kappa shape index (κ2) is 16.9. The summed E-state index contributed by atoms with van der Waals surface area (Å²) in [7, 11) is 0. The third kappa shape index (κ3) is 9.46. The highest BCUT2D eigenvalue weighted by molar-refractivity contribution is 5.47. The zero-order valence-corrected chi connectivity index (χ0v) is 30.2. The Morgan fingerprint density at radius 2 is 0.268 bits per heavy atom. The summed E-state index contributed by atoms with van der Waals surface area (Å²) in [4.78, 5) is 0. The summed E-state index contributed by atoms with van der Waals surface area (Å²) in [5.41, 5.74) is 45.7. The molecular formula is C56H28. The Hall–Kier alpha value is -8.54. The summed E-state index contributed by atoms with van der Waals surface area (Å²) in [5, 5.41) is 12.8. The van der Waals surface area contributed by atoms with Gasteiger partial charge in [-0.3, -0.25) is 0 Å². The van der Waals surface area contributed by atoms with E-state index in [1.54, 1.807) is 0 Å². The maximum atomic E-state index is 3.30. The minimum atomic E-state index is 0.878. The zero-order valence-electron chi connectivity index (χ0n) is 30.2. The molecule has 17 rings (SSSR count). The normalized spacial score (nSPS) is 10.5. The van der Waals surface area contributed by atoms with E-state index in [1.165, 1.54) is 0 Å². The van der Waals surface area contributed by atoms with Crippen molar-refractivity contribution in [1.82, 2.24) is 0 Å². The van der Waals surface area contributed by atoms with Crippen molar-refractivity contribution in [3.63, 3.8) is 0 Å². The van der Waals surface area contributed by atoms with E-state index in [4.69, 9.17) is 0 Å². The average Bonchev–Trinajstić information content (AvgIpc) is 3.26. The predicted octanol–water partition coefficient (Wildman–Crippen LogP) is 0.106. The van der Waals surface area contributed by atoms with Crippen LogP contribution in [0.1, 0.15) is 0 Å². The summed E-state index contributed by atoms with van der Waals surface area (Å²) < 4.78 is 0. The van der Waals surface area contributed by atoms with Crippen molar-refractivity contribution in [3.8, 4) is 0 Å². The van der Waals surface area contributed by atoms with Gasteiger partial charge in [0.2, 0.25) is 0 Å². The molecule has 0 amide bonds. The maximum absolute atomic E-state index is 3.30. The van der Waals surface area contributed by atoms with E-state index < -0.39 is 0 Å². The molecule has 7 aromatic carbocycles. The van der Waals surface area contributed by atoms with Gasteiger partial charge in [-0.05, 0) is 158 Å². The number of hydrogen-bond donors (Lipinski definition) is 0. The van der Waals surface area contributed by atoms with Crippen molar-refractivity contribution in [3.05, 3.63) is 243 Å². The lowest BCUT2D eigenvalue weighted by atomic mass is 10.2. The van der Waals surface area contributed by atoms with Crippen LogP contribution in [0.5, 0.6) is 0 Å². The van der Waals surface area contributed by atoms with Crippen LogP contribution in [0.25, 0.3) is 80.2 Å². The van der Waals surface area contributed by atoms with Crippen molar-refractivity contribution < 1.29 is 0 Å². The summed E-state index contributed by atoms with van der Waals surface area (Å²) in [6.07, 6.45) is 0. The molecule has 0 heterocycles. The Kier molecular flexibility index (Phi) is 10.4. The molecule has 10 aliphatic rings. The van der Waals surface area contributed by atoms with Gasteiger partial charge in [0, 0.05) is 73.1 Å². The quantitative estimate of drug-likeness (QED) is 0.211. The maximum Gasteiger partial charge on any atom is 0.0405 e. The molecule has 0 spiro atoms. The van der Waals surface area contributed by atoms with Crippen LogP contribution in [0.15, 0.2) is 170 Å². The van der Waals surface area contributed by atoms with Crippen LogP contribution >= 0.6 is 0 Å². The molecule has 7 aromatic rings. The molecule has 56 heavy (non-hydrogen) atoms. The third-order valence-corrected chi connectivity index (χ3v) is 8.68. The summed E-state index contributed by atoms with van der Waals surface area (Å²) in [6, 6.07) is 55.8. The largest absolute Gasteiger partial charge is 0.0617 e. The first-order valence-electron chi connectivity index (χ1n) is 18.0. The first-order chi connectivity index (χ1) is 27.7. The molecule has 0 unspecified atom stereocenters. The van der Waals surface area contributed by atoms with E-state index in [9.17, 15) is 0 Å². The third-order valence-electron chi connectivity index (χ3n) is 8.68. The highest BCUT2D eigenvalue weighted by atomic mass is 13.9. The fraction of sp³-hybridized carbons (Fsp3) is 0. The topological polar surface area (TPSA) is 0 Å². The Bertz CT molecular complexity index is 3640. The van der Waals surface area contributed by atoms with E-state index in [0.717, 1.165) is 73.1 Å². The first kappa shape index (κ1) is 34.5. The van der Waals surface area contributed by atoms with E-state index in [0.29, 0.717) is 0 Å². The standard InChI is InChI=1S/C56H28/c1-2-4-56-42-40-54-37-33-52(34-38-54)30-28-50-25-21-48(22-26-50)18-16-46-13-9-44(10-14-46)6-5-43-7-11-45(12-8-43)15-17-47-19-23-49(24-20-47)27-29-51-31-35-53(36-32-51)39-41-55(56)3-1/h1-4,7-14,19-26,31-38H. The molecule has 0 saturated heterocycles. The van der Waals surface area contributed by atoms with Crippen LogP contribution in [0.4, 0.5) is 0 Å². The Morgan fingerprint density at radius 1 is 0.143 bits per heavy atom. The van der Waals surface area contributed by atoms with Gasteiger partial charge in [-0.2, -0.15) is 0 Å². The highest BCUT2D eigenvalue weighted by Crippen LogP contribution is 1.75. The molecule has 252 valence electrons. The van der Waals surface area contributed by atoms with Crippen LogP contribution in [0, 0.1) is 0 Å². The molecule has 0 heteroatoms. The van der Waals surface area contributed by atoms with E-state index >= 15 is 0 Å². The molecule has 12 bridgehead atoms. The van der Waals surface area contributed by atoms with Crippen molar-refractivity contribution >= 4 is 80.2 Å². The lowest BCUT2D eigenvalue weighted by Gasteiger charge is -1.83. The minimum Gasteiger partial charge on any atom is -0.0617 e. The van der Waals surface area contributed by atoms with E-state index in [-0.39, 0.29) is 0 Å². The smallest absolute Gasteiger partial charge is 0.0405 e. The van der Waals surface area contributed by atoms with Gasteiger partial charge in [-0.1, -0.05) is 92.4 Å². The van der Waals surface area contributed by atoms with Crippen LogP contribution in [0.3, 0.4) is 0 Å². The van der Waals surface area contributed by atoms with E-state index in [1.807, 2.05) is 170 Å². The van der Waals surface area contributed by atoms with Crippen molar-refractivity contribution in [2.75, 3.05) is 0 Å². The molecular weight excluding hydrogens is 673 g/mol. The summed E-state index contributed by atoms with van der Waals surface area (Å²) >= 11 is 0. The highest BCUT2D eigenvalue weighted by Gasteiger charge is 1.84. The molecule has 10 aliphatic carbocycles. The second-order valence-electron chi connectivity index (χ2n) is 12.8. The molecule has 0 fully saturated rings. The van der Waals surface area contributed by atoms with Gasteiger partial charge >= 0.3 is 0 Å². The number of benzene rings is 7. The SMILES string of the molecule is C1=C=c2ccc(cc2)=C=C=c2ccc(cc2)=C=C=c2ccc(cc2)=C=C=c2ccccc2=C=C=c2ccc(cc2)=C=C=c2ccc(cc2)=C=C=c2ccc=1cc2. The minimum absolute atomic E-state index is 0.878. The van der Waals surface area contributed by atoms with Crippen LogP contribution < -0.4 is 73.1 Å². The monoisotopic (exact) mass is 700 g/mol. The Morgan fingerprint density at radius 3 is 0.411 bits per heavy atom. The second-order valence-corrected chi connectivity index (χ2v) is 12.8. The summed E-state index contributed by atoms with van der Waals surface area (Å²) in [5.74, 6) is 0. The average molecular weight is 701 g/mol. The lowest BCUT2D eigenvalue weighted by molar-refractivity contribution is 1.53. The van der Waals surface area contributed by atoms with E-state index in [2.05, 4.69) is 80.2 Å². The Labute approximate surface area is 321 Å². The fourth-order valence-electron chi connectivity index (χ4n) is 5.52.